The lowest BCUT2D eigenvalue weighted by atomic mass is 10.1. The van der Waals surface area contributed by atoms with Crippen molar-refractivity contribution in [3.05, 3.63) is 23.8 Å². The number of rotatable bonds is 4. The van der Waals surface area contributed by atoms with Gasteiger partial charge in [-0.15, -0.1) is 0 Å². The quantitative estimate of drug-likeness (QED) is 0.410. The van der Waals surface area contributed by atoms with Crippen LogP contribution in [-0.2, 0) is 0 Å². The first-order valence-electron chi connectivity index (χ1n) is 4.04. The van der Waals surface area contributed by atoms with Crippen molar-refractivity contribution in [2.45, 2.75) is 40.0 Å². The smallest absolute Gasteiger partial charge is 0.0320 e. The van der Waals surface area contributed by atoms with Crippen LogP contribution < -0.4 is 0 Å². The Kier molecular flexibility index (Phi) is 6.25. The van der Waals surface area contributed by atoms with Crippen molar-refractivity contribution in [2.75, 3.05) is 0 Å². The standard InChI is InChI=1S/C10H18/c1-4-6-7-8-9-10(3)5-2/h4-6H,7-9H2,1-3H3. The Balaban J connectivity index is 3.20. The van der Waals surface area contributed by atoms with Gasteiger partial charge in [0.15, 0.2) is 0 Å². The van der Waals surface area contributed by atoms with Crippen molar-refractivity contribution in [1.29, 1.82) is 0 Å². The van der Waals surface area contributed by atoms with Gasteiger partial charge in [0.1, 0.15) is 0 Å². The lowest BCUT2D eigenvalue weighted by molar-refractivity contribution is 0.830. The Hall–Kier alpha value is -0.520. The maximum atomic E-state index is 2.23. The van der Waals surface area contributed by atoms with Gasteiger partial charge in [-0.1, -0.05) is 23.8 Å². The lowest BCUT2D eigenvalue weighted by Gasteiger charge is -1.95. The van der Waals surface area contributed by atoms with E-state index in [-0.39, 0.29) is 0 Å². The summed E-state index contributed by atoms with van der Waals surface area (Å²) in [6.07, 6.45) is 10.3. The molecule has 0 atom stereocenters. The van der Waals surface area contributed by atoms with Crippen molar-refractivity contribution in [3.63, 3.8) is 0 Å². The predicted octanol–water partition coefficient (Wildman–Crippen LogP) is 3.70. The third-order valence-electron chi connectivity index (χ3n) is 1.67. The molecule has 0 bridgehead atoms. The van der Waals surface area contributed by atoms with E-state index in [1.165, 1.54) is 24.8 Å². The molecule has 0 amide bonds. The monoisotopic (exact) mass is 138 g/mol. The zero-order valence-corrected chi connectivity index (χ0v) is 7.35. The van der Waals surface area contributed by atoms with Gasteiger partial charge in [-0.05, 0) is 40.0 Å². The highest BCUT2D eigenvalue weighted by molar-refractivity contribution is 4.95. The molecule has 0 nitrogen and oxygen atoms in total. The summed E-state index contributed by atoms with van der Waals surface area (Å²) in [7, 11) is 0. The van der Waals surface area contributed by atoms with Crippen molar-refractivity contribution in [1.82, 2.24) is 0 Å². The molecule has 0 spiro atoms. The van der Waals surface area contributed by atoms with Crippen molar-refractivity contribution >= 4 is 0 Å². The van der Waals surface area contributed by atoms with Crippen molar-refractivity contribution < 1.29 is 0 Å². The molecule has 0 aromatic carbocycles. The zero-order valence-electron chi connectivity index (χ0n) is 7.35. The van der Waals surface area contributed by atoms with Gasteiger partial charge in [0.25, 0.3) is 0 Å². The summed E-state index contributed by atoms with van der Waals surface area (Å²) in [6, 6.07) is 0. The molecule has 0 aromatic rings. The van der Waals surface area contributed by atoms with E-state index in [4.69, 9.17) is 0 Å². The molecule has 0 N–H and O–H groups in total. The van der Waals surface area contributed by atoms with Gasteiger partial charge in [0.2, 0.25) is 0 Å². The molecule has 0 saturated heterocycles. The largest absolute Gasteiger partial charge is 0.0917 e. The van der Waals surface area contributed by atoms with Gasteiger partial charge < -0.3 is 0 Å². The van der Waals surface area contributed by atoms with E-state index in [0.29, 0.717) is 0 Å². The zero-order chi connectivity index (χ0) is 7.82. The molecule has 0 aliphatic heterocycles. The van der Waals surface area contributed by atoms with Crippen LogP contribution in [-0.4, -0.2) is 0 Å². The Morgan fingerprint density at radius 1 is 1.30 bits per heavy atom. The molecule has 10 heavy (non-hydrogen) atoms. The van der Waals surface area contributed by atoms with Crippen LogP contribution in [0, 0.1) is 0 Å². The second kappa shape index (κ2) is 6.60. The molecule has 0 saturated carbocycles. The lowest BCUT2D eigenvalue weighted by Crippen LogP contribution is -1.75. The minimum absolute atomic E-state index is 1.22. The maximum Gasteiger partial charge on any atom is -0.0320 e. The molecular weight excluding hydrogens is 120 g/mol. The van der Waals surface area contributed by atoms with Crippen molar-refractivity contribution in [2.24, 2.45) is 0 Å². The van der Waals surface area contributed by atoms with E-state index in [1.54, 1.807) is 0 Å². The fourth-order valence-electron chi connectivity index (χ4n) is 0.810. The van der Waals surface area contributed by atoms with Crippen LogP contribution in [0.3, 0.4) is 0 Å². The van der Waals surface area contributed by atoms with E-state index in [9.17, 15) is 0 Å². The Bertz CT molecular complexity index is 118. The average Bonchev–Trinajstić information content (AvgIpc) is 1.98. The van der Waals surface area contributed by atoms with Crippen LogP contribution >= 0.6 is 0 Å². The van der Waals surface area contributed by atoms with E-state index >= 15 is 0 Å². The molecule has 0 unspecified atom stereocenters. The molecule has 0 heteroatoms. The van der Waals surface area contributed by atoms with E-state index in [2.05, 4.69) is 39.0 Å². The molecule has 58 valence electrons. The third-order valence-corrected chi connectivity index (χ3v) is 1.67. The third kappa shape index (κ3) is 5.61. The highest BCUT2D eigenvalue weighted by Crippen LogP contribution is 2.05. The number of hydrogen-bond acceptors (Lipinski definition) is 0. The topological polar surface area (TPSA) is 0 Å². The first kappa shape index (κ1) is 9.48. The first-order chi connectivity index (χ1) is 4.81. The SMILES string of the molecule is CC=CCCCC(C)=CC. The van der Waals surface area contributed by atoms with Gasteiger partial charge in [0.05, 0.1) is 0 Å². The van der Waals surface area contributed by atoms with Crippen LogP contribution in [0.25, 0.3) is 0 Å². The molecule has 0 aromatic heterocycles. The molecule has 0 aliphatic rings. The van der Waals surface area contributed by atoms with Gasteiger partial charge in [-0.3, -0.25) is 0 Å². The maximum absolute atomic E-state index is 2.23. The van der Waals surface area contributed by atoms with Gasteiger partial charge in [0, 0.05) is 0 Å². The summed E-state index contributed by atoms with van der Waals surface area (Å²) in [5.74, 6) is 0. The summed E-state index contributed by atoms with van der Waals surface area (Å²) < 4.78 is 0. The van der Waals surface area contributed by atoms with Crippen LogP contribution in [0.4, 0.5) is 0 Å². The minimum Gasteiger partial charge on any atom is -0.0917 e. The second-order valence-electron chi connectivity index (χ2n) is 2.60. The van der Waals surface area contributed by atoms with E-state index in [0.717, 1.165) is 0 Å². The number of unbranched alkanes of at least 4 members (excludes halogenated alkanes) is 1. The summed E-state index contributed by atoms with van der Waals surface area (Å²) in [5.41, 5.74) is 1.50. The normalized spacial score (nSPS) is 12.9. The van der Waals surface area contributed by atoms with Gasteiger partial charge in [-0.2, -0.15) is 0 Å². The fourth-order valence-corrected chi connectivity index (χ4v) is 0.810. The highest BCUT2D eigenvalue weighted by atomic mass is 13.9. The van der Waals surface area contributed by atoms with Crippen LogP contribution in [0.5, 0.6) is 0 Å². The summed E-state index contributed by atoms with van der Waals surface area (Å²) in [6.45, 7) is 6.36. The predicted molar refractivity (Wildman–Crippen MR) is 48.1 cm³/mol. The Labute approximate surface area is 64.6 Å². The summed E-state index contributed by atoms with van der Waals surface area (Å²) >= 11 is 0. The van der Waals surface area contributed by atoms with Gasteiger partial charge >= 0.3 is 0 Å². The van der Waals surface area contributed by atoms with E-state index in [1.807, 2.05) is 0 Å². The first-order valence-corrected chi connectivity index (χ1v) is 4.04. The molecular formula is C10H18. The number of allylic oxidation sites excluding steroid dienone is 4. The Morgan fingerprint density at radius 3 is 2.50 bits per heavy atom. The molecule has 0 rings (SSSR count). The summed E-state index contributed by atoms with van der Waals surface area (Å²) in [5, 5.41) is 0. The summed E-state index contributed by atoms with van der Waals surface area (Å²) in [4.78, 5) is 0. The van der Waals surface area contributed by atoms with Crippen LogP contribution in [0.1, 0.15) is 40.0 Å². The highest BCUT2D eigenvalue weighted by Gasteiger charge is 1.85. The Morgan fingerprint density at radius 2 is 2.00 bits per heavy atom. The molecule has 0 aliphatic carbocycles. The van der Waals surface area contributed by atoms with E-state index < -0.39 is 0 Å². The van der Waals surface area contributed by atoms with Crippen LogP contribution in [0.15, 0.2) is 23.8 Å². The van der Waals surface area contributed by atoms with Crippen LogP contribution in [0.2, 0.25) is 0 Å². The second-order valence-corrected chi connectivity index (χ2v) is 2.60. The van der Waals surface area contributed by atoms with Gasteiger partial charge in [-0.25, -0.2) is 0 Å². The molecule has 0 fully saturated rings. The fraction of sp³-hybridized carbons (Fsp3) is 0.600. The molecule has 0 heterocycles. The molecule has 0 radical (unpaired) electrons. The average molecular weight is 138 g/mol. The number of hydrogen-bond donors (Lipinski definition) is 0. The minimum atomic E-state index is 1.22. The van der Waals surface area contributed by atoms with Crippen molar-refractivity contribution in [3.8, 4) is 0 Å².